The molecule has 5 nitrogen and oxygen atoms in total. The zero-order chi connectivity index (χ0) is 24.8. The molecule has 0 radical (unpaired) electrons. The number of aromatic nitrogens is 1. The van der Waals surface area contributed by atoms with Crippen LogP contribution in [0.1, 0.15) is 37.9 Å². The summed E-state index contributed by atoms with van der Waals surface area (Å²) in [5.41, 5.74) is -4.19. The third-order valence-electron chi connectivity index (χ3n) is 7.07. The van der Waals surface area contributed by atoms with Crippen LogP contribution in [0.15, 0.2) is 36.4 Å². The number of hydrogen-bond donors (Lipinski definition) is 2. The van der Waals surface area contributed by atoms with Crippen LogP contribution in [0.25, 0.3) is 16.6 Å². The number of phenolic OH excluding ortho intramolecular Hbond substituents is 1. The highest BCUT2D eigenvalue weighted by molar-refractivity contribution is 5.94. The Balaban J connectivity index is 1.84. The van der Waals surface area contributed by atoms with Crippen molar-refractivity contribution in [3.63, 3.8) is 0 Å². The maximum absolute atomic E-state index is 14.2. The van der Waals surface area contributed by atoms with Crippen molar-refractivity contribution in [1.82, 2.24) is 4.57 Å². The number of halogens is 5. The van der Waals surface area contributed by atoms with E-state index in [0.717, 1.165) is 12.1 Å². The number of fused-ring (bicyclic) bond motifs is 4. The van der Waals surface area contributed by atoms with Crippen molar-refractivity contribution in [1.29, 1.82) is 0 Å². The van der Waals surface area contributed by atoms with E-state index in [4.69, 9.17) is 4.74 Å². The van der Waals surface area contributed by atoms with Crippen LogP contribution >= 0.6 is 0 Å². The minimum atomic E-state index is -5.01. The standard InChI is InChI=1S/C24H20F5NO4/c1-21(2)11-34-23(9-22(10-23,20(32)33)24(27,28)29)18-17-15(4-3-5-16(17)31)30(19(18)21)12-6-7-13(25)14(26)8-12/h3-8,31H,9-11H2,1-2H3,(H,32,33)/t22-,23-. The number of benzene rings is 2. The number of nitrogens with zero attached hydrogens (tertiary/aromatic N) is 1. The molecule has 1 aliphatic carbocycles. The maximum atomic E-state index is 14.2. The lowest BCUT2D eigenvalue weighted by molar-refractivity contribution is -0.307. The summed E-state index contributed by atoms with van der Waals surface area (Å²) in [7, 11) is 0. The number of hydrogen-bond acceptors (Lipinski definition) is 3. The molecule has 0 saturated heterocycles. The van der Waals surface area contributed by atoms with Crippen LogP contribution in [0.3, 0.4) is 0 Å². The molecule has 3 aromatic rings. The smallest absolute Gasteiger partial charge is 0.405 e. The van der Waals surface area contributed by atoms with Crippen molar-refractivity contribution < 1.29 is 41.7 Å². The van der Waals surface area contributed by atoms with Crippen molar-refractivity contribution >= 4 is 16.9 Å². The van der Waals surface area contributed by atoms with E-state index in [1.54, 1.807) is 24.5 Å². The molecular weight excluding hydrogens is 461 g/mol. The number of rotatable bonds is 2. The van der Waals surface area contributed by atoms with E-state index in [0.29, 0.717) is 11.2 Å². The third-order valence-corrected chi connectivity index (χ3v) is 7.07. The summed E-state index contributed by atoms with van der Waals surface area (Å²) in [5, 5.41) is 20.4. The van der Waals surface area contributed by atoms with E-state index >= 15 is 0 Å². The summed E-state index contributed by atoms with van der Waals surface area (Å²) < 4.78 is 76.9. The third kappa shape index (κ3) is 2.77. The van der Waals surface area contributed by atoms with Gasteiger partial charge in [-0.3, -0.25) is 4.79 Å². The number of aromatic hydroxyl groups is 1. The first-order chi connectivity index (χ1) is 15.7. The van der Waals surface area contributed by atoms with Gasteiger partial charge in [0.05, 0.1) is 17.7 Å². The second kappa shape index (κ2) is 6.71. The molecule has 1 aromatic heterocycles. The van der Waals surface area contributed by atoms with Gasteiger partial charge in [0.1, 0.15) is 5.75 Å². The van der Waals surface area contributed by atoms with Gasteiger partial charge in [0.25, 0.3) is 0 Å². The quantitative estimate of drug-likeness (QED) is 0.472. The van der Waals surface area contributed by atoms with Gasteiger partial charge in [0, 0.05) is 46.7 Å². The van der Waals surface area contributed by atoms with Gasteiger partial charge in [0.15, 0.2) is 17.0 Å². The fourth-order valence-corrected chi connectivity index (χ4v) is 5.43. The number of carboxylic acids is 1. The highest BCUT2D eigenvalue weighted by atomic mass is 19.4. The molecule has 2 aromatic carbocycles. The second-order valence-corrected chi connectivity index (χ2v) is 9.73. The summed E-state index contributed by atoms with van der Waals surface area (Å²) in [5.74, 6) is -4.41. The second-order valence-electron chi connectivity index (χ2n) is 9.73. The average molecular weight is 481 g/mol. The topological polar surface area (TPSA) is 71.7 Å². The van der Waals surface area contributed by atoms with Crippen LogP contribution in [0.4, 0.5) is 22.0 Å². The Morgan fingerprint density at radius 1 is 1.09 bits per heavy atom. The summed E-state index contributed by atoms with van der Waals surface area (Å²) >= 11 is 0. The lowest BCUT2D eigenvalue weighted by Gasteiger charge is -2.57. The van der Waals surface area contributed by atoms with E-state index in [-0.39, 0.29) is 29.0 Å². The Labute approximate surface area is 190 Å². The zero-order valence-electron chi connectivity index (χ0n) is 18.1. The van der Waals surface area contributed by atoms with E-state index in [1.807, 2.05) is 0 Å². The number of carboxylic acid groups (broad SMARTS) is 1. The molecule has 0 atom stereocenters. The molecule has 1 aliphatic heterocycles. The normalized spacial score (nSPS) is 25.9. The summed E-state index contributed by atoms with van der Waals surface area (Å²) in [6.07, 6.45) is -6.75. The largest absolute Gasteiger partial charge is 0.507 e. The molecule has 0 unspecified atom stereocenters. The Bertz CT molecular complexity index is 1350. The number of ether oxygens (including phenoxy) is 1. The van der Waals surface area contributed by atoms with Crippen LogP contribution in [-0.4, -0.2) is 33.5 Å². The van der Waals surface area contributed by atoms with Gasteiger partial charge in [-0.05, 0) is 24.3 Å². The van der Waals surface area contributed by atoms with Gasteiger partial charge in [-0.25, -0.2) is 8.78 Å². The Morgan fingerprint density at radius 3 is 2.35 bits per heavy atom. The van der Waals surface area contributed by atoms with Crippen molar-refractivity contribution in [2.45, 2.75) is 43.9 Å². The molecule has 180 valence electrons. The summed E-state index contributed by atoms with van der Waals surface area (Å²) in [6, 6.07) is 7.73. The predicted octanol–water partition coefficient (Wildman–Crippen LogP) is 5.54. The Hall–Kier alpha value is -3.14. The van der Waals surface area contributed by atoms with Crippen molar-refractivity contribution in [3.05, 3.63) is 59.3 Å². The van der Waals surface area contributed by atoms with Crippen molar-refractivity contribution in [2.75, 3.05) is 6.61 Å². The number of aliphatic carboxylic acids is 1. The van der Waals surface area contributed by atoms with Crippen LogP contribution in [-0.2, 0) is 20.5 Å². The molecule has 2 aliphatic rings. The van der Waals surface area contributed by atoms with Gasteiger partial charge >= 0.3 is 12.1 Å². The minimum Gasteiger partial charge on any atom is -0.507 e. The maximum Gasteiger partial charge on any atom is 0.405 e. The first-order valence-corrected chi connectivity index (χ1v) is 10.5. The Kier molecular flexibility index (Phi) is 4.47. The molecule has 1 spiro atoms. The van der Waals surface area contributed by atoms with Crippen LogP contribution in [0, 0.1) is 17.0 Å². The Morgan fingerprint density at radius 2 is 1.76 bits per heavy atom. The molecule has 5 rings (SSSR count). The van der Waals surface area contributed by atoms with Crippen LogP contribution in [0.5, 0.6) is 5.75 Å². The summed E-state index contributed by atoms with van der Waals surface area (Å²) in [4.78, 5) is 11.7. The van der Waals surface area contributed by atoms with Gasteiger partial charge in [0.2, 0.25) is 0 Å². The van der Waals surface area contributed by atoms with Gasteiger partial charge in [-0.2, -0.15) is 13.2 Å². The lowest BCUT2D eigenvalue weighted by Crippen LogP contribution is -2.64. The molecule has 2 heterocycles. The average Bonchev–Trinajstić information content (AvgIpc) is 3.06. The molecular formula is C24H20F5NO4. The van der Waals surface area contributed by atoms with E-state index in [9.17, 15) is 37.0 Å². The lowest BCUT2D eigenvalue weighted by atomic mass is 9.54. The SMILES string of the molecule is CC1(C)CO[C@]2(C[C@](C(=O)O)(C(F)(F)F)C2)c2c1n(-c1ccc(F)c(F)c1)c1cccc(O)c12. The van der Waals surface area contributed by atoms with Gasteiger partial charge < -0.3 is 19.5 Å². The first kappa shape index (κ1) is 22.6. The van der Waals surface area contributed by atoms with Gasteiger partial charge in [-0.15, -0.1) is 0 Å². The highest BCUT2D eigenvalue weighted by Gasteiger charge is 2.75. The van der Waals surface area contributed by atoms with E-state index < -0.39 is 53.1 Å². The minimum absolute atomic E-state index is 0.0473. The molecule has 1 saturated carbocycles. The van der Waals surface area contributed by atoms with Crippen LogP contribution in [0.2, 0.25) is 0 Å². The first-order valence-electron chi connectivity index (χ1n) is 10.5. The molecule has 1 fully saturated rings. The highest BCUT2D eigenvalue weighted by Crippen LogP contribution is 2.67. The van der Waals surface area contributed by atoms with Crippen LogP contribution < -0.4 is 0 Å². The number of carbonyl (C=O) groups is 1. The fraction of sp³-hybridized carbons (Fsp3) is 0.375. The summed E-state index contributed by atoms with van der Waals surface area (Å²) in [6.45, 7) is 3.50. The monoisotopic (exact) mass is 481 g/mol. The molecule has 0 amide bonds. The molecule has 34 heavy (non-hydrogen) atoms. The van der Waals surface area contributed by atoms with E-state index in [1.165, 1.54) is 18.2 Å². The number of phenols is 1. The molecule has 2 N–H and O–H groups in total. The van der Waals surface area contributed by atoms with Crippen molar-refractivity contribution in [2.24, 2.45) is 5.41 Å². The molecule has 10 heteroatoms. The van der Waals surface area contributed by atoms with Crippen molar-refractivity contribution in [3.8, 4) is 11.4 Å². The van der Waals surface area contributed by atoms with Gasteiger partial charge in [-0.1, -0.05) is 19.9 Å². The van der Waals surface area contributed by atoms with E-state index in [2.05, 4.69) is 0 Å². The zero-order valence-corrected chi connectivity index (χ0v) is 18.1. The number of alkyl halides is 3. The fourth-order valence-electron chi connectivity index (χ4n) is 5.43. The predicted molar refractivity (Wildman–Crippen MR) is 111 cm³/mol. The molecule has 0 bridgehead atoms.